The van der Waals surface area contributed by atoms with Crippen LogP contribution in [-0.2, 0) is 14.3 Å². The van der Waals surface area contributed by atoms with Crippen LogP contribution in [0, 0.1) is 0 Å². The smallest absolute Gasteiger partial charge is 0.223 e. The van der Waals surface area contributed by atoms with Crippen molar-refractivity contribution in [2.75, 3.05) is 32.8 Å². The Morgan fingerprint density at radius 1 is 1.12 bits per heavy atom. The Morgan fingerprint density at radius 2 is 1.72 bits per heavy atom. The van der Waals surface area contributed by atoms with Gasteiger partial charge in [-0.2, -0.15) is 0 Å². The number of benzene rings is 1. The number of nitrogens with two attached hydrogens (primary N) is 1. The number of nitrogens with one attached hydrogen (secondary N) is 1. The van der Waals surface area contributed by atoms with Gasteiger partial charge < -0.3 is 20.7 Å². The molecular weight excluding hydrogens is 318 g/mol. The van der Waals surface area contributed by atoms with E-state index in [9.17, 15) is 9.59 Å². The maximum atomic E-state index is 12.0. The van der Waals surface area contributed by atoms with Crippen LogP contribution in [0.3, 0.4) is 0 Å². The minimum atomic E-state index is -0.250. The molecule has 1 unspecified atom stereocenters. The van der Waals surface area contributed by atoms with Crippen LogP contribution < -0.4 is 11.1 Å². The zero-order valence-electron chi connectivity index (χ0n) is 15.2. The van der Waals surface area contributed by atoms with Gasteiger partial charge in [-0.05, 0) is 17.0 Å². The topological polar surface area (TPSA) is 84.7 Å². The zero-order valence-corrected chi connectivity index (χ0v) is 15.2. The van der Waals surface area contributed by atoms with E-state index in [0.29, 0.717) is 38.8 Å². The van der Waals surface area contributed by atoms with Crippen LogP contribution in [0.1, 0.15) is 49.8 Å². The van der Waals surface area contributed by atoms with E-state index in [0.717, 1.165) is 5.56 Å². The van der Waals surface area contributed by atoms with Crippen LogP contribution >= 0.6 is 0 Å². The summed E-state index contributed by atoms with van der Waals surface area (Å²) in [6.07, 6.45) is 0.416. The second-order valence-electron chi connectivity index (χ2n) is 6.73. The highest BCUT2D eigenvalue weighted by Gasteiger charge is 2.17. The molecule has 0 spiro atoms. The van der Waals surface area contributed by atoms with Gasteiger partial charge in [0.2, 0.25) is 11.8 Å². The van der Waals surface area contributed by atoms with Gasteiger partial charge in [0, 0.05) is 38.5 Å². The molecule has 0 radical (unpaired) electrons. The van der Waals surface area contributed by atoms with E-state index in [1.807, 2.05) is 12.1 Å². The third-order valence-electron chi connectivity index (χ3n) is 4.48. The first-order valence-electron chi connectivity index (χ1n) is 8.95. The summed E-state index contributed by atoms with van der Waals surface area (Å²) in [5.41, 5.74) is 8.40. The number of carbonyl (C=O) groups excluding carboxylic acids is 2. The molecule has 25 heavy (non-hydrogen) atoms. The molecule has 1 fully saturated rings. The molecule has 6 nitrogen and oxygen atoms in total. The van der Waals surface area contributed by atoms with Gasteiger partial charge in [-0.25, -0.2) is 0 Å². The van der Waals surface area contributed by atoms with Gasteiger partial charge in [-0.3, -0.25) is 9.59 Å². The van der Waals surface area contributed by atoms with Crippen molar-refractivity contribution in [1.29, 1.82) is 0 Å². The van der Waals surface area contributed by atoms with Crippen LogP contribution in [0.5, 0.6) is 0 Å². The first-order valence-corrected chi connectivity index (χ1v) is 8.95. The lowest BCUT2D eigenvalue weighted by Gasteiger charge is -2.26. The molecule has 2 amide bonds. The summed E-state index contributed by atoms with van der Waals surface area (Å²) in [7, 11) is 0. The van der Waals surface area contributed by atoms with Crippen molar-refractivity contribution in [2.45, 2.75) is 38.6 Å². The maximum Gasteiger partial charge on any atom is 0.223 e. The van der Waals surface area contributed by atoms with E-state index >= 15 is 0 Å². The average molecular weight is 347 g/mol. The molecule has 2 rings (SSSR count). The molecule has 1 heterocycles. The maximum absolute atomic E-state index is 12.0. The summed E-state index contributed by atoms with van der Waals surface area (Å²) in [4.78, 5) is 25.7. The highest BCUT2D eigenvalue weighted by molar-refractivity contribution is 5.83. The van der Waals surface area contributed by atoms with Crippen LogP contribution in [0.15, 0.2) is 24.3 Å². The van der Waals surface area contributed by atoms with Gasteiger partial charge in [0.25, 0.3) is 0 Å². The van der Waals surface area contributed by atoms with Crippen LogP contribution in [-0.4, -0.2) is 49.6 Å². The highest BCUT2D eigenvalue weighted by Crippen LogP contribution is 2.17. The predicted molar refractivity (Wildman–Crippen MR) is 97.1 cm³/mol. The normalized spacial score (nSPS) is 15.9. The molecule has 6 heteroatoms. The molecular formula is C19H29N3O3. The Kier molecular flexibility index (Phi) is 7.40. The minimum absolute atomic E-state index is 0.00650. The number of hydrogen-bond acceptors (Lipinski definition) is 4. The Balaban J connectivity index is 1.70. The molecule has 138 valence electrons. The number of amides is 2. The summed E-state index contributed by atoms with van der Waals surface area (Å²) in [5, 5.41) is 2.82. The van der Waals surface area contributed by atoms with Crippen LogP contribution in [0.25, 0.3) is 0 Å². The fourth-order valence-electron chi connectivity index (χ4n) is 2.75. The third-order valence-corrected chi connectivity index (χ3v) is 4.48. The summed E-state index contributed by atoms with van der Waals surface area (Å²) in [6, 6.07) is 7.91. The van der Waals surface area contributed by atoms with E-state index in [1.165, 1.54) is 5.56 Å². The van der Waals surface area contributed by atoms with E-state index in [2.05, 4.69) is 31.3 Å². The number of ether oxygens (including phenoxy) is 1. The van der Waals surface area contributed by atoms with E-state index in [4.69, 9.17) is 10.5 Å². The van der Waals surface area contributed by atoms with Crippen molar-refractivity contribution in [2.24, 2.45) is 5.73 Å². The summed E-state index contributed by atoms with van der Waals surface area (Å²) >= 11 is 0. The molecule has 1 saturated heterocycles. The molecule has 0 aliphatic carbocycles. The molecule has 3 N–H and O–H groups in total. The van der Waals surface area contributed by atoms with Crippen molar-refractivity contribution in [3.05, 3.63) is 35.4 Å². The number of carbonyl (C=O) groups is 2. The molecule has 1 aromatic rings. The van der Waals surface area contributed by atoms with Gasteiger partial charge in [-0.15, -0.1) is 0 Å². The van der Waals surface area contributed by atoms with Crippen molar-refractivity contribution < 1.29 is 14.3 Å². The molecule has 1 aromatic carbocycles. The van der Waals surface area contributed by atoms with Gasteiger partial charge in [0.05, 0.1) is 13.2 Å². The summed E-state index contributed by atoms with van der Waals surface area (Å²) < 4.78 is 5.22. The number of nitrogens with zero attached hydrogens (tertiary/aromatic N) is 1. The molecule has 0 bridgehead atoms. The first-order chi connectivity index (χ1) is 12.0. The zero-order chi connectivity index (χ0) is 18.2. The van der Waals surface area contributed by atoms with Crippen molar-refractivity contribution in [3.8, 4) is 0 Å². The summed E-state index contributed by atoms with van der Waals surface area (Å²) in [5.74, 6) is 0.344. The Labute approximate surface area is 149 Å². The second-order valence-corrected chi connectivity index (χ2v) is 6.73. The quantitative estimate of drug-likeness (QED) is 0.784. The number of morpholine rings is 1. The Hall–Kier alpha value is -1.92. The predicted octanol–water partition coefficient (Wildman–Crippen LogP) is 1.57. The van der Waals surface area contributed by atoms with Crippen molar-refractivity contribution in [1.82, 2.24) is 10.2 Å². The fraction of sp³-hybridized carbons (Fsp3) is 0.579. The van der Waals surface area contributed by atoms with E-state index in [-0.39, 0.29) is 30.7 Å². The largest absolute Gasteiger partial charge is 0.378 e. The molecule has 1 aliphatic heterocycles. The van der Waals surface area contributed by atoms with Gasteiger partial charge in [0.15, 0.2) is 0 Å². The molecule has 0 saturated carbocycles. The first kappa shape index (κ1) is 19.4. The van der Waals surface area contributed by atoms with Gasteiger partial charge >= 0.3 is 0 Å². The SMILES string of the molecule is CC(C)c1ccc(C(N)CNC(=O)CCC(=O)N2CCOCC2)cc1. The lowest BCUT2D eigenvalue weighted by Crippen LogP contribution is -2.41. The number of hydrogen-bond donors (Lipinski definition) is 2. The summed E-state index contributed by atoms with van der Waals surface area (Å²) in [6.45, 7) is 7.02. The van der Waals surface area contributed by atoms with Gasteiger partial charge in [-0.1, -0.05) is 38.1 Å². The monoisotopic (exact) mass is 347 g/mol. The standard InChI is InChI=1S/C19H29N3O3/c1-14(2)15-3-5-16(6-4-15)17(20)13-21-18(23)7-8-19(24)22-9-11-25-12-10-22/h3-6,14,17H,7-13,20H2,1-2H3,(H,21,23). The second kappa shape index (κ2) is 9.53. The Bertz CT molecular complexity index is 566. The van der Waals surface area contributed by atoms with Crippen LogP contribution in [0.2, 0.25) is 0 Å². The van der Waals surface area contributed by atoms with Gasteiger partial charge in [0.1, 0.15) is 0 Å². The Morgan fingerprint density at radius 3 is 2.32 bits per heavy atom. The molecule has 1 aliphatic rings. The third kappa shape index (κ3) is 6.14. The van der Waals surface area contributed by atoms with Crippen molar-refractivity contribution in [3.63, 3.8) is 0 Å². The number of rotatable bonds is 7. The average Bonchev–Trinajstić information content (AvgIpc) is 2.64. The lowest BCUT2D eigenvalue weighted by molar-refractivity contribution is -0.137. The van der Waals surface area contributed by atoms with Crippen LogP contribution in [0.4, 0.5) is 0 Å². The molecule has 0 aromatic heterocycles. The molecule has 1 atom stereocenters. The van der Waals surface area contributed by atoms with E-state index < -0.39 is 0 Å². The highest BCUT2D eigenvalue weighted by atomic mass is 16.5. The van der Waals surface area contributed by atoms with E-state index in [1.54, 1.807) is 4.90 Å². The van der Waals surface area contributed by atoms with Crippen molar-refractivity contribution >= 4 is 11.8 Å². The fourth-order valence-corrected chi connectivity index (χ4v) is 2.75. The minimum Gasteiger partial charge on any atom is -0.378 e. The lowest BCUT2D eigenvalue weighted by atomic mass is 9.99.